The van der Waals surface area contributed by atoms with E-state index in [0.717, 1.165) is 42.6 Å². The van der Waals surface area contributed by atoms with E-state index in [9.17, 15) is 4.91 Å². The average Bonchev–Trinajstić information content (AvgIpc) is 3.17. The van der Waals surface area contributed by atoms with Crippen LogP contribution in [0.1, 0.15) is 54.0 Å². The Morgan fingerprint density at radius 2 is 1.84 bits per heavy atom. The lowest BCUT2D eigenvalue weighted by atomic mass is 9.80. The monoisotopic (exact) mass is 439 g/mol. The third-order valence-corrected chi connectivity index (χ3v) is 6.12. The minimum atomic E-state index is -0.0196. The molecule has 1 aliphatic carbocycles. The molecule has 8 nitrogen and oxygen atoms in total. The van der Waals surface area contributed by atoms with Gasteiger partial charge >= 0.3 is 0 Å². The smallest absolute Gasteiger partial charge is 0.229 e. The largest absolute Gasteiger partial charge is 0.324 e. The summed E-state index contributed by atoms with van der Waals surface area (Å²) in [6.07, 6.45) is 5.32. The molecule has 0 unspecified atom stereocenters. The van der Waals surface area contributed by atoms with Crippen LogP contribution in [0.5, 0.6) is 0 Å². The molecule has 1 saturated carbocycles. The molecule has 1 aliphatic rings. The minimum absolute atomic E-state index is 0.0196. The van der Waals surface area contributed by atoms with Crippen molar-refractivity contribution in [2.24, 2.45) is 5.18 Å². The SMILES string of the molecule is Cc1cc(Nc2nc(Nc3cc(C)c(C4CCC(N=O)CC4)cc3C)ncc2Cl)n[nH]1. The first kappa shape index (κ1) is 21.2. The molecular formula is C22H26ClN7O. The highest BCUT2D eigenvalue weighted by Gasteiger charge is 2.24. The lowest BCUT2D eigenvalue weighted by Gasteiger charge is -2.27. The number of rotatable bonds is 6. The standard InChI is InChI=1S/C22H26ClN7O/c1-12-9-19(13(2)8-17(12)15-4-6-16(30-31)7-5-15)25-22-24-11-18(23)21(27-22)26-20-10-14(3)28-29-20/h8-11,15-16H,4-7H2,1-3H3,(H3,24,25,26,27,28,29). The second-order valence-corrected chi connectivity index (χ2v) is 8.62. The van der Waals surface area contributed by atoms with Gasteiger partial charge in [0.15, 0.2) is 11.6 Å². The van der Waals surface area contributed by atoms with Gasteiger partial charge in [0.1, 0.15) is 5.02 Å². The van der Waals surface area contributed by atoms with Crippen molar-refractivity contribution in [2.75, 3.05) is 10.6 Å². The maximum Gasteiger partial charge on any atom is 0.229 e. The number of nitrogens with one attached hydrogen (secondary N) is 3. The molecule has 2 heterocycles. The Labute approximate surface area is 186 Å². The second kappa shape index (κ2) is 9.01. The number of hydrogen-bond acceptors (Lipinski definition) is 7. The average molecular weight is 440 g/mol. The molecule has 4 rings (SSSR count). The maximum atomic E-state index is 10.8. The Balaban J connectivity index is 1.52. The number of halogens is 1. The molecule has 162 valence electrons. The molecule has 31 heavy (non-hydrogen) atoms. The van der Waals surface area contributed by atoms with Gasteiger partial charge in [-0.15, -0.1) is 0 Å². The Bertz CT molecular complexity index is 1090. The van der Waals surface area contributed by atoms with E-state index in [1.54, 1.807) is 6.20 Å². The van der Waals surface area contributed by atoms with Crippen molar-refractivity contribution in [2.45, 2.75) is 58.4 Å². The number of hydrogen-bond donors (Lipinski definition) is 3. The topological polar surface area (TPSA) is 108 Å². The molecule has 0 aliphatic heterocycles. The van der Waals surface area contributed by atoms with Crippen molar-refractivity contribution in [3.63, 3.8) is 0 Å². The van der Waals surface area contributed by atoms with Gasteiger partial charge < -0.3 is 10.6 Å². The third-order valence-electron chi connectivity index (χ3n) is 5.84. The van der Waals surface area contributed by atoms with Crippen LogP contribution in [0.3, 0.4) is 0 Å². The first-order chi connectivity index (χ1) is 14.9. The Kier molecular flexibility index (Phi) is 6.18. The van der Waals surface area contributed by atoms with Crippen LogP contribution in [0.2, 0.25) is 5.02 Å². The van der Waals surface area contributed by atoms with Crippen molar-refractivity contribution >= 4 is 34.9 Å². The van der Waals surface area contributed by atoms with Crippen molar-refractivity contribution in [3.05, 3.63) is 56.7 Å². The Morgan fingerprint density at radius 3 is 2.52 bits per heavy atom. The number of benzene rings is 1. The fraction of sp³-hybridized carbons (Fsp3) is 0.409. The third kappa shape index (κ3) is 4.85. The molecule has 2 aromatic heterocycles. The van der Waals surface area contributed by atoms with E-state index < -0.39 is 0 Å². The summed E-state index contributed by atoms with van der Waals surface area (Å²) >= 11 is 6.26. The zero-order valence-corrected chi connectivity index (χ0v) is 18.6. The number of nitroso groups, excluding NO2 is 1. The highest BCUT2D eigenvalue weighted by atomic mass is 35.5. The number of H-pyrrole nitrogens is 1. The first-order valence-electron chi connectivity index (χ1n) is 10.4. The lowest BCUT2D eigenvalue weighted by Crippen LogP contribution is -2.16. The van der Waals surface area contributed by atoms with Gasteiger partial charge in [-0.1, -0.05) is 22.8 Å². The summed E-state index contributed by atoms with van der Waals surface area (Å²) in [4.78, 5) is 19.6. The van der Waals surface area contributed by atoms with Crippen LogP contribution in [0.25, 0.3) is 0 Å². The lowest BCUT2D eigenvalue weighted by molar-refractivity contribution is 0.394. The number of aromatic nitrogens is 4. The molecule has 0 amide bonds. The molecule has 9 heteroatoms. The quantitative estimate of drug-likeness (QED) is 0.403. The number of aryl methyl sites for hydroxylation is 3. The summed E-state index contributed by atoms with van der Waals surface area (Å²) in [5, 5.41) is 17.1. The summed E-state index contributed by atoms with van der Waals surface area (Å²) in [6.45, 7) is 6.12. The van der Waals surface area contributed by atoms with Crippen molar-refractivity contribution in [1.29, 1.82) is 0 Å². The van der Waals surface area contributed by atoms with Gasteiger partial charge in [-0.05, 0) is 75.1 Å². The van der Waals surface area contributed by atoms with E-state index in [0.29, 0.717) is 28.5 Å². The van der Waals surface area contributed by atoms with Crippen LogP contribution in [-0.4, -0.2) is 26.2 Å². The maximum absolute atomic E-state index is 10.8. The van der Waals surface area contributed by atoms with Crippen LogP contribution in [0, 0.1) is 25.7 Å². The van der Waals surface area contributed by atoms with Gasteiger partial charge in [0.2, 0.25) is 5.95 Å². The highest BCUT2D eigenvalue weighted by Crippen LogP contribution is 2.37. The van der Waals surface area contributed by atoms with Gasteiger partial charge in [-0.3, -0.25) is 5.10 Å². The predicted octanol–water partition coefficient (Wildman–Crippen LogP) is 6.06. The number of aromatic amines is 1. The van der Waals surface area contributed by atoms with E-state index in [4.69, 9.17) is 11.6 Å². The fourth-order valence-electron chi connectivity index (χ4n) is 4.14. The summed E-state index contributed by atoms with van der Waals surface area (Å²) in [7, 11) is 0. The normalized spacial score (nSPS) is 18.6. The van der Waals surface area contributed by atoms with Crippen LogP contribution in [0.4, 0.5) is 23.3 Å². The fourth-order valence-corrected chi connectivity index (χ4v) is 4.28. The molecule has 0 bridgehead atoms. The van der Waals surface area contributed by atoms with Gasteiger partial charge in [-0.2, -0.15) is 15.0 Å². The molecule has 1 aromatic carbocycles. The van der Waals surface area contributed by atoms with Crippen molar-refractivity contribution in [3.8, 4) is 0 Å². The van der Waals surface area contributed by atoms with Crippen LogP contribution < -0.4 is 10.6 Å². The summed E-state index contributed by atoms with van der Waals surface area (Å²) in [5.74, 6) is 2.05. The van der Waals surface area contributed by atoms with Crippen LogP contribution >= 0.6 is 11.6 Å². The van der Waals surface area contributed by atoms with Crippen molar-refractivity contribution < 1.29 is 0 Å². The molecule has 0 saturated heterocycles. The summed E-state index contributed by atoms with van der Waals surface area (Å²) < 4.78 is 0. The minimum Gasteiger partial charge on any atom is -0.324 e. The molecule has 0 atom stereocenters. The molecular weight excluding hydrogens is 414 g/mol. The highest BCUT2D eigenvalue weighted by molar-refractivity contribution is 6.32. The summed E-state index contributed by atoms with van der Waals surface area (Å²) in [5.41, 5.74) is 5.57. The van der Waals surface area contributed by atoms with Gasteiger partial charge in [0.05, 0.1) is 12.2 Å². The zero-order valence-electron chi connectivity index (χ0n) is 17.9. The molecule has 0 radical (unpaired) electrons. The second-order valence-electron chi connectivity index (χ2n) is 8.21. The van der Waals surface area contributed by atoms with Gasteiger partial charge in [0, 0.05) is 17.4 Å². The van der Waals surface area contributed by atoms with Gasteiger partial charge in [-0.25, -0.2) is 4.98 Å². The predicted molar refractivity (Wildman–Crippen MR) is 124 cm³/mol. The van der Waals surface area contributed by atoms with E-state index in [2.05, 4.69) is 62.0 Å². The van der Waals surface area contributed by atoms with E-state index in [1.807, 2.05) is 13.0 Å². The van der Waals surface area contributed by atoms with Gasteiger partial charge in [0.25, 0.3) is 0 Å². The number of nitrogens with zero attached hydrogens (tertiary/aromatic N) is 4. The van der Waals surface area contributed by atoms with E-state index in [-0.39, 0.29) is 6.04 Å². The molecule has 0 spiro atoms. The Hall–Kier alpha value is -3.00. The van der Waals surface area contributed by atoms with E-state index in [1.165, 1.54) is 11.1 Å². The van der Waals surface area contributed by atoms with Crippen LogP contribution in [-0.2, 0) is 0 Å². The summed E-state index contributed by atoms with van der Waals surface area (Å²) in [6, 6.07) is 6.22. The first-order valence-corrected chi connectivity index (χ1v) is 10.8. The zero-order chi connectivity index (χ0) is 22.0. The van der Waals surface area contributed by atoms with Crippen LogP contribution in [0.15, 0.2) is 29.6 Å². The number of anilines is 4. The molecule has 1 fully saturated rings. The molecule has 3 N–H and O–H groups in total. The van der Waals surface area contributed by atoms with Crippen molar-refractivity contribution in [1.82, 2.24) is 20.2 Å². The van der Waals surface area contributed by atoms with E-state index >= 15 is 0 Å². The Morgan fingerprint density at radius 1 is 1.06 bits per heavy atom. The molecule has 3 aromatic rings.